The number of benzene rings is 1. The Morgan fingerprint density at radius 1 is 1.45 bits per heavy atom. The molecule has 105 valence electrons. The molecule has 1 heterocycles. The van der Waals surface area contributed by atoms with Gasteiger partial charge in [0.1, 0.15) is 5.82 Å². The molecule has 2 rings (SSSR count). The third kappa shape index (κ3) is 3.26. The van der Waals surface area contributed by atoms with E-state index >= 15 is 0 Å². The molecule has 0 fully saturated rings. The van der Waals surface area contributed by atoms with Gasteiger partial charge in [0, 0.05) is 26.2 Å². The molecule has 1 radical (unpaired) electrons. The van der Waals surface area contributed by atoms with Gasteiger partial charge in [-0.2, -0.15) is 0 Å². The van der Waals surface area contributed by atoms with Crippen LogP contribution in [-0.4, -0.2) is 20.6 Å². The molecule has 0 saturated carbocycles. The van der Waals surface area contributed by atoms with Crippen molar-refractivity contribution in [3.05, 3.63) is 60.0 Å². The molecule has 0 unspecified atom stereocenters. The lowest BCUT2D eigenvalue weighted by Crippen LogP contribution is -2.07. The molecule has 0 spiro atoms. The quantitative estimate of drug-likeness (QED) is 0.842. The van der Waals surface area contributed by atoms with Gasteiger partial charge in [-0.05, 0) is 31.0 Å². The van der Waals surface area contributed by atoms with Crippen LogP contribution in [-0.2, 0) is 13.0 Å². The van der Waals surface area contributed by atoms with E-state index < -0.39 is 5.97 Å². The second kappa shape index (κ2) is 6.37. The summed E-state index contributed by atoms with van der Waals surface area (Å²) >= 11 is 0. The minimum absolute atomic E-state index is 0.280. The number of hydrogen-bond acceptors (Lipinski definition) is 2. The summed E-state index contributed by atoms with van der Waals surface area (Å²) in [5.74, 6) is 0.0469. The molecule has 4 heteroatoms. The standard InChI is InChI=1S/C16H19N2O2/c1-3-4-5-15-17-10-12(2)18(15)11-13-6-8-14(9-7-13)16(19)20/h6-10H,2-5,11H2,1H3,(H,19,20)/i2D. The fourth-order valence-corrected chi connectivity index (χ4v) is 2.08. The van der Waals surface area contributed by atoms with Gasteiger partial charge in [0.2, 0.25) is 0 Å². The second-order valence-corrected chi connectivity index (χ2v) is 4.79. The first-order valence-corrected chi connectivity index (χ1v) is 6.74. The fourth-order valence-electron chi connectivity index (χ4n) is 2.08. The van der Waals surface area contributed by atoms with Crippen LogP contribution in [0.25, 0.3) is 0 Å². The molecule has 0 aliphatic carbocycles. The van der Waals surface area contributed by atoms with E-state index in [1.807, 2.05) is 4.57 Å². The van der Waals surface area contributed by atoms with Crippen LogP contribution in [0.4, 0.5) is 0 Å². The normalized spacial score (nSPS) is 11.3. The Morgan fingerprint density at radius 3 is 2.80 bits per heavy atom. The highest BCUT2D eigenvalue weighted by atomic mass is 16.4. The molecule has 1 aromatic heterocycles. The van der Waals surface area contributed by atoms with Gasteiger partial charge < -0.3 is 9.67 Å². The fraction of sp³-hybridized carbons (Fsp3) is 0.312. The molecular formula is C16H19N2O2. The predicted molar refractivity (Wildman–Crippen MR) is 77.8 cm³/mol. The van der Waals surface area contributed by atoms with Gasteiger partial charge in [0.05, 0.1) is 5.56 Å². The minimum Gasteiger partial charge on any atom is -0.478 e. The van der Waals surface area contributed by atoms with Crippen LogP contribution in [0.15, 0.2) is 30.5 Å². The first kappa shape index (κ1) is 12.9. The molecule has 0 bridgehead atoms. The van der Waals surface area contributed by atoms with Gasteiger partial charge in [-0.15, -0.1) is 0 Å². The van der Waals surface area contributed by atoms with E-state index in [1.165, 1.54) is 6.90 Å². The number of unbranched alkanes of at least 4 members (excludes halogenated alkanes) is 1. The van der Waals surface area contributed by atoms with Gasteiger partial charge in [-0.1, -0.05) is 25.5 Å². The van der Waals surface area contributed by atoms with Crippen molar-refractivity contribution >= 4 is 5.97 Å². The summed E-state index contributed by atoms with van der Waals surface area (Å²) < 4.78 is 9.48. The number of rotatable bonds is 7. The first-order valence-electron chi connectivity index (χ1n) is 7.31. The van der Waals surface area contributed by atoms with Crippen LogP contribution < -0.4 is 0 Å². The molecule has 4 nitrogen and oxygen atoms in total. The van der Waals surface area contributed by atoms with Gasteiger partial charge in [-0.3, -0.25) is 0 Å². The van der Waals surface area contributed by atoms with Crippen molar-refractivity contribution < 1.29 is 11.3 Å². The zero-order valence-corrected chi connectivity index (χ0v) is 11.5. The highest BCUT2D eigenvalue weighted by Crippen LogP contribution is 2.13. The Morgan fingerprint density at radius 2 is 2.20 bits per heavy atom. The van der Waals surface area contributed by atoms with Crippen molar-refractivity contribution in [1.29, 1.82) is 0 Å². The van der Waals surface area contributed by atoms with Crippen LogP contribution in [0, 0.1) is 6.90 Å². The van der Waals surface area contributed by atoms with Crippen molar-refractivity contribution in [1.82, 2.24) is 9.55 Å². The second-order valence-electron chi connectivity index (χ2n) is 4.79. The number of nitrogens with zero attached hydrogens (tertiary/aromatic N) is 2. The topological polar surface area (TPSA) is 55.1 Å². The summed E-state index contributed by atoms with van der Waals surface area (Å²) in [6.45, 7) is 4.03. The van der Waals surface area contributed by atoms with Crippen LogP contribution in [0.1, 0.15) is 48.6 Å². The van der Waals surface area contributed by atoms with Crippen molar-refractivity contribution in [2.45, 2.75) is 32.7 Å². The minimum atomic E-state index is -0.923. The van der Waals surface area contributed by atoms with E-state index in [0.29, 0.717) is 6.54 Å². The molecule has 0 aliphatic rings. The maximum atomic E-state index is 10.9. The monoisotopic (exact) mass is 272 g/mol. The number of carboxylic acids is 1. The third-order valence-electron chi connectivity index (χ3n) is 3.26. The number of carboxylic acid groups (broad SMARTS) is 1. The van der Waals surface area contributed by atoms with Gasteiger partial charge in [0.15, 0.2) is 0 Å². The molecule has 2 aromatic rings. The van der Waals surface area contributed by atoms with Crippen molar-refractivity contribution in [3.63, 3.8) is 0 Å². The van der Waals surface area contributed by atoms with E-state index in [-0.39, 0.29) is 5.56 Å². The number of carbonyl (C=O) groups is 1. The van der Waals surface area contributed by atoms with Crippen molar-refractivity contribution in [2.75, 3.05) is 0 Å². The molecule has 0 amide bonds. The van der Waals surface area contributed by atoms with Crippen LogP contribution >= 0.6 is 0 Å². The maximum absolute atomic E-state index is 10.9. The van der Waals surface area contributed by atoms with Crippen molar-refractivity contribution in [2.24, 2.45) is 0 Å². The van der Waals surface area contributed by atoms with E-state index in [4.69, 9.17) is 6.48 Å². The van der Waals surface area contributed by atoms with Crippen molar-refractivity contribution in [3.8, 4) is 0 Å². The first-order chi connectivity index (χ1) is 10.2. The average molecular weight is 272 g/mol. The Hall–Kier alpha value is -2.10. The van der Waals surface area contributed by atoms with E-state index in [0.717, 1.165) is 36.3 Å². The molecule has 0 saturated heterocycles. The Balaban J connectivity index is 2.20. The summed E-state index contributed by atoms with van der Waals surface area (Å²) in [6, 6.07) is 6.82. The number of aromatic carboxylic acids is 1. The van der Waals surface area contributed by atoms with Crippen LogP contribution in [0.5, 0.6) is 0 Å². The molecule has 0 atom stereocenters. The smallest absolute Gasteiger partial charge is 0.335 e. The number of imidazole rings is 1. The van der Waals surface area contributed by atoms with Gasteiger partial charge in [-0.25, -0.2) is 9.78 Å². The summed E-state index contributed by atoms with van der Waals surface area (Å²) in [5.41, 5.74) is 2.05. The molecule has 20 heavy (non-hydrogen) atoms. The maximum Gasteiger partial charge on any atom is 0.335 e. The number of aromatic nitrogens is 2. The summed E-state index contributed by atoms with van der Waals surface area (Å²) in [6.07, 6.45) is 4.76. The molecular weight excluding hydrogens is 252 g/mol. The lowest BCUT2D eigenvalue weighted by molar-refractivity contribution is 0.0697. The van der Waals surface area contributed by atoms with E-state index in [2.05, 4.69) is 11.9 Å². The summed E-state index contributed by atoms with van der Waals surface area (Å²) in [7, 11) is 0. The van der Waals surface area contributed by atoms with Gasteiger partial charge >= 0.3 is 5.97 Å². The summed E-state index contributed by atoms with van der Waals surface area (Å²) in [5, 5.41) is 8.91. The predicted octanol–water partition coefficient (Wildman–Crippen LogP) is 3.15. The average Bonchev–Trinajstić information content (AvgIpc) is 2.87. The summed E-state index contributed by atoms with van der Waals surface area (Å²) in [4.78, 5) is 15.2. The zero-order valence-electron chi connectivity index (χ0n) is 12.5. The van der Waals surface area contributed by atoms with E-state index in [1.54, 1.807) is 30.5 Å². The molecule has 1 N–H and O–H groups in total. The highest BCUT2D eigenvalue weighted by Gasteiger charge is 2.08. The largest absolute Gasteiger partial charge is 0.478 e. The third-order valence-corrected chi connectivity index (χ3v) is 3.26. The van der Waals surface area contributed by atoms with Crippen LogP contribution in [0.2, 0.25) is 0 Å². The van der Waals surface area contributed by atoms with Crippen LogP contribution in [0.3, 0.4) is 0 Å². The Bertz CT molecular complexity index is 605. The Labute approximate surface area is 120 Å². The SMILES string of the molecule is [2H][CH]c1cnc(CCCC)n1Cc1ccc(C(=O)O)cc1. The molecule has 0 aliphatic heterocycles. The zero-order chi connectivity index (χ0) is 15.2. The Kier molecular flexibility index (Phi) is 4.11. The molecule has 1 aromatic carbocycles. The lowest BCUT2D eigenvalue weighted by Gasteiger charge is -2.10. The van der Waals surface area contributed by atoms with Gasteiger partial charge in [0.25, 0.3) is 0 Å². The van der Waals surface area contributed by atoms with E-state index in [9.17, 15) is 4.79 Å². The highest BCUT2D eigenvalue weighted by molar-refractivity contribution is 5.87. The number of hydrogen-bond donors (Lipinski definition) is 1. The lowest BCUT2D eigenvalue weighted by atomic mass is 10.1. The number of aryl methyl sites for hydroxylation is 1.